The minimum atomic E-state index is -0.300. The molecule has 0 rings (SSSR count). The zero-order valence-corrected chi connectivity index (χ0v) is 7.77. The average molecular weight is 176 g/mol. The molecule has 0 spiro atoms. The van der Waals surface area contributed by atoms with E-state index in [2.05, 4.69) is 4.90 Å². The highest BCUT2D eigenvalue weighted by molar-refractivity contribution is 6.63. The molecule has 0 fully saturated rings. The maximum absolute atomic E-state index is 10.2. The standard InChI is InChI=1S/C8H14ClNO/c1-10(2)7-5-3-4-6-8(9)11/h3-4H,5-7H2,1-2H3/b4-3+. The van der Waals surface area contributed by atoms with Crippen LogP contribution in [0.4, 0.5) is 0 Å². The molecule has 0 atom stereocenters. The molecule has 2 nitrogen and oxygen atoms in total. The molecule has 64 valence electrons. The summed E-state index contributed by atoms with van der Waals surface area (Å²) in [7, 11) is 4.03. The summed E-state index contributed by atoms with van der Waals surface area (Å²) in [5, 5.41) is -0.300. The molecular formula is C8H14ClNO. The summed E-state index contributed by atoms with van der Waals surface area (Å²) in [5.74, 6) is 0. The molecule has 0 N–H and O–H groups in total. The lowest BCUT2D eigenvalue weighted by atomic mass is 10.3. The third kappa shape index (κ3) is 9.66. The number of allylic oxidation sites excluding steroid dienone is 1. The molecule has 0 radical (unpaired) electrons. The van der Waals surface area contributed by atoms with Gasteiger partial charge in [0.15, 0.2) is 0 Å². The summed E-state index contributed by atoms with van der Waals surface area (Å²) in [5.41, 5.74) is 0. The van der Waals surface area contributed by atoms with E-state index in [-0.39, 0.29) is 5.24 Å². The van der Waals surface area contributed by atoms with E-state index in [1.165, 1.54) is 0 Å². The van der Waals surface area contributed by atoms with Crippen molar-refractivity contribution in [2.24, 2.45) is 0 Å². The normalized spacial score (nSPS) is 11.3. The lowest BCUT2D eigenvalue weighted by Gasteiger charge is -2.05. The molecule has 0 bridgehead atoms. The third-order valence-electron chi connectivity index (χ3n) is 1.19. The predicted molar refractivity (Wildman–Crippen MR) is 47.8 cm³/mol. The van der Waals surface area contributed by atoms with Crippen LogP contribution in [0.3, 0.4) is 0 Å². The van der Waals surface area contributed by atoms with Crippen molar-refractivity contribution < 1.29 is 4.79 Å². The zero-order chi connectivity index (χ0) is 8.69. The Balaban J connectivity index is 3.23. The van der Waals surface area contributed by atoms with Crippen LogP contribution < -0.4 is 0 Å². The van der Waals surface area contributed by atoms with Crippen molar-refractivity contribution in [2.75, 3.05) is 20.6 Å². The number of halogens is 1. The van der Waals surface area contributed by atoms with Crippen molar-refractivity contribution in [1.29, 1.82) is 0 Å². The molecule has 0 heterocycles. The Morgan fingerprint density at radius 2 is 2.09 bits per heavy atom. The van der Waals surface area contributed by atoms with Gasteiger partial charge in [-0.1, -0.05) is 12.2 Å². The van der Waals surface area contributed by atoms with Crippen LogP contribution in [0, 0.1) is 0 Å². The Labute approximate surface area is 72.8 Å². The highest BCUT2D eigenvalue weighted by Crippen LogP contribution is 1.92. The van der Waals surface area contributed by atoms with Gasteiger partial charge < -0.3 is 4.90 Å². The van der Waals surface area contributed by atoms with Crippen molar-refractivity contribution in [3.05, 3.63) is 12.2 Å². The maximum atomic E-state index is 10.2. The van der Waals surface area contributed by atoms with Crippen molar-refractivity contribution in [2.45, 2.75) is 12.8 Å². The lowest BCUT2D eigenvalue weighted by Crippen LogP contribution is -2.11. The molecule has 0 aliphatic carbocycles. The molecule has 3 heteroatoms. The fourth-order valence-electron chi connectivity index (χ4n) is 0.627. The number of carbonyl (C=O) groups excluding carboxylic acids is 1. The molecule has 0 aliphatic rings. The SMILES string of the molecule is CN(C)CC/C=C/CC(=O)Cl. The smallest absolute Gasteiger partial charge is 0.225 e. The van der Waals surface area contributed by atoms with E-state index in [1.54, 1.807) is 6.08 Å². The van der Waals surface area contributed by atoms with Gasteiger partial charge in [0.25, 0.3) is 0 Å². The Kier molecular flexibility index (Phi) is 6.18. The summed E-state index contributed by atoms with van der Waals surface area (Å²) in [6.45, 7) is 1.01. The Morgan fingerprint density at radius 1 is 1.45 bits per heavy atom. The summed E-state index contributed by atoms with van der Waals surface area (Å²) in [4.78, 5) is 12.3. The van der Waals surface area contributed by atoms with Crippen LogP contribution in [-0.2, 0) is 4.79 Å². The van der Waals surface area contributed by atoms with Crippen LogP contribution in [0.2, 0.25) is 0 Å². The monoisotopic (exact) mass is 175 g/mol. The maximum Gasteiger partial charge on any atom is 0.225 e. The minimum absolute atomic E-state index is 0.300. The number of hydrogen-bond donors (Lipinski definition) is 0. The fraction of sp³-hybridized carbons (Fsp3) is 0.625. The number of nitrogens with zero attached hydrogens (tertiary/aromatic N) is 1. The van der Waals surface area contributed by atoms with E-state index in [0.29, 0.717) is 6.42 Å². The van der Waals surface area contributed by atoms with Crippen LogP contribution >= 0.6 is 11.6 Å². The molecule has 0 aromatic rings. The quantitative estimate of drug-likeness (QED) is 0.468. The van der Waals surface area contributed by atoms with E-state index >= 15 is 0 Å². The first-order chi connectivity index (χ1) is 5.13. The van der Waals surface area contributed by atoms with Gasteiger partial charge in [0.05, 0.1) is 0 Å². The highest BCUT2D eigenvalue weighted by Gasteiger charge is 1.89. The second-order valence-electron chi connectivity index (χ2n) is 2.62. The van der Waals surface area contributed by atoms with Crippen molar-refractivity contribution >= 4 is 16.8 Å². The lowest BCUT2D eigenvalue weighted by molar-refractivity contribution is -0.110. The molecular weight excluding hydrogens is 162 g/mol. The Bertz CT molecular complexity index is 143. The molecule has 11 heavy (non-hydrogen) atoms. The number of rotatable bonds is 5. The van der Waals surface area contributed by atoms with Crippen LogP contribution in [0.15, 0.2) is 12.2 Å². The van der Waals surface area contributed by atoms with Gasteiger partial charge in [0.1, 0.15) is 0 Å². The molecule has 0 saturated carbocycles. The van der Waals surface area contributed by atoms with Gasteiger partial charge in [-0.05, 0) is 32.1 Å². The Hall–Kier alpha value is -0.340. The van der Waals surface area contributed by atoms with Gasteiger partial charge in [0.2, 0.25) is 5.24 Å². The van der Waals surface area contributed by atoms with E-state index in [1.807, 2.05) is 20.2 Å². The summed E-state index contributed by atoms with van der Waals surface area (Å²) in [6, 6.07) is 0. The number of carbonyl (C=O) groups is 1. The Morgan fingerprint density at radius 3 is 2.55 bits per heavy atom. The molecule has 0 aliphatic heterocycles. The van der Waals surface area contributed by atoms with Gasteiger partial charge in [0, 0.05) is 13.0 Å². The first kappa shape index (κ1) is 10.7. The largest absolute Gasteiger partial charge is 0.309 e. The average Bonchev–Trinajstić information content (AvgIpc) is 1.85. The first-order valence-corrected chi connectivity index (χ1v) is 3.99. The summed E-state index contributed by atoms with van der Waals surface area (Å²) >= 11 is 5.12. The highest BCUT2D eigenvalue weighted by atomic mass is 35.5. The molecule has 0 aromatic heterocycles. The van der Waals surface area contributed by atoms with Gasteiger partial charge in [-0.25, -0.2) is 0 Å². The van der Waals surface area contributed by atoms with Gasteiger partial charge in [-0.2, -0.15) is 0 Å². The van der Waals surface area contributed by atoms with Crippen LogP contribution in [0.1, 0.15) is 12.8 Å². The summed E-state index contributed by atoms with van der Waals surface area (Å²) < 4.78 is 0. The minimum Gasteiger partial charge on any atom is -0.309 e. The third-order valence-corrected chi connectivity index (χ3v) is 1.34. The van der Waals surface area contributed by atoms with Gasteiger partial charge >= 0.3 is 0 Å². The van der Waals surface area contributed by atoms with E-state index in [0.717, 1.165) is 13.0 Å². The van der Waals surface area contributed by atoms with E-state index in [9.17, 15) is 4.79 Å². The van der Waals surface area contributed by atoms with E-state index < -0.39 is 0 Å². The van der Waals surface area contributed by atoms with Gasteiger partial charge in [-0.15, -0.1) is 0 Å². The van der Waals surface area contributed by atoms with Gasteiger partial charge in [-0.3, -0.25) is 4.79 Å². The fourth-order valence-corrected chi connectivity index (χ4v) is 0.716. The second-order valence-corrected chi connectivity index (χ2v) is 3.04. The predicted octanol–water partition coefficient (Wildman–Crippen LogP) is 1.65. The topological polar surface area (TPSA) is 20.3 Å². The van der Waals surface area contributed by atoms with E-state index in [4.69, 9.17) is 11.6 Å². The number of hydrogen-bond acceptors (Lipinski definition) is 2. The van der Waals surface area contributed by atoms with Crippen molar-refractivity contribution in [1.82, 2.24) is 4.90 Å². The summed E-state index contributed by atoms with van der Waals surface area (Å²) in [6.07, 6.45) is 5.09. The first-order valence-electron chi connectivity index (χ1n) is 3.61. The van der Waals surface area contributed by atoms with Crippen LogP contribution in [-0.4, -0.2) is 30.8 Å². The molecule has 0 aromatic carbocycles. The van der Waals surface area contributed by atoms with Crippen molar-refractivity contribution in [3.8, 4) is 0 Å². The van der Waals surface area contributed by atoms with Crippen LogP contribution in [0.25, 0.3) is 0 Å². The molecule has 0 unspecified atom stereocenters. The van der Waals surface area contributed by atoms with Crippen molar-refractivity contribution in [3.63, 3.8) is 0 Å². The zero-order valence-electron chi connectivity index (χ0n) is 7.01. The van der Waals surface area contributed by atoms with Crippen LogP contribution in [0.5, 0.6) is 0 Å². The molecule has 0 amide bonds. The second kappa shape index (κ2) is 6.38. The molecule has 0 saturated heterocycles.